The second-order valence-corrected chi connectivity index (χ2v) is 10.2. The molecule has 1 N–H and O–H groups in total. The number of imidazole rings is 1. The SMILES string of the molecule is O=C1NC=CC=C[C](=[W])c2nccn2CCC=CCc2ccc(-c3ccc(C4CC4)nc3)cc21. The van der Waals surface area contributed by atoms with E-state index < -0.39 is 0 Å². The topological polar surface area (TPSA) is 59.8 Å². The van der Waals surface area contributed by atoms with Gasteiger partial charge in [0.25, 0.3) is 0 Å². The van der Waals surface area contributed by atoms with Crippen molar-refractivity contribution in [1.29, 1.82) is 0 Å². The number of nitrogens with zero attached hydrogens (tertiary/aromatic N) is 3. The van der Waals surface area contributed by atoms with Crippen LogP contribution in [0.4, 0.5) is 0 Å². The first-order valence-electron chi connectivity index (χ1n) is 11.6. The van der Waals surface area contributed by atoms with Crippen LogP contribution in [-0.2, 0) is 32.3 Å². The number of benzene rings is 1. The number of carbonyl (C=O) groups excluding carboxylic acids is 1. The Labute approximate surface area is 210 Å². The predicted octanol–water partition coefficient (Wildman–Crippen LogP) is 4.89. The zero-order chi connectivity index (χ0) is 23.3. The summed E-state index contributed by atoms with van der Waals surface area (Å²) in [6, 6.07) is 10.4. The van der Waals surface area contributed by atoms with Gasteiger partial charge in [-0.25, -0.2) is 0 Å². The van der Waals surface area contributed by atoms with Gasteiger partial charge in [0.1, 0.15) is 0 Å². The Morgan fingerprint density at radius 1 is 1.03 bits per heavy atom. The number of rotatable bonds is 2. The van der Waals surface area contributed by atoms with Gasteiger partial charge in [0.15, 0.2) is 0 Å². The normalized spacial score (nSPS) is 16.7. The Kier molecular flexibility index (Phi) is 6.91. The third-order valence-electron chi connectivity index (χ3n) is 6.12. The Balaban J connectivity index is 1.42. The van der Waals surface area contributed by atoms with Crippen molar-refractivity contribution < 1.29 is 24.1 Å². The van der Waals surface area contributed by atoms with E-state index in [0.717, 1.165) is 39.4 Å². The van der Waals surface area contributed by atoms with Crippen molar-refractivity contribution in [2.75, 3.05) is 0 Å². The Morgan fingerprint density at radius 3 is 2.74 bits per heavy atom. The van der Waals surface area contributed by atoms with Crippen LogP contribution in [0.1, 0.15) is 52.6 Å². The number of carbonyl (C=O) groups is 1. The molecule has 0 unspecified atom stereocenters. The minimum atomic E-state index is -0.105. The van der Waals surface area contributed by atoms with Crippen LogP contribution in [0.3, 0.4) is 0 Å². The van der Waals surface area contributed by atoms with Crippen LogP contribution in [0.15, 0.2) is 85.5 Å². The van der Waals surface area contributed by atoms with Gasteiger partial charge in [-0.3, -0.25) is 4.98 Å². The molecule has 1 amide bonds. The molecule has 5 rings (SSSR count). The Hall–Kier alpha value is -3.17. The number of amides is 1. The summed E-state index contributed by atoms with van der Waals surface area (Å²) in [7, 11) is 0. The van der Waals surface area contributed by atoms with Crippen molar-refractivity contribution in [1.82, 2.24) is 19.9 Å². The first kappa shape index (κ1) is 22.6. The Morgan fingerprint density at radius 2 is 1.91 bits per heavy atom. The monoisotopic (exact) mass is 618 g/mol. The summed E-state index contributed by atoms with van der Waals surface area (Å²) in [5.41, 5.74) is 4.91. The molecule has 1 fully saturated rings. The van der Waals surface area contributed by atoms with Gasteiger partial charge in [-0.2, -0.15) is 0 Å². The molecule has 6 heteroatoms. The van der Waals surface area contributed by atoms with E-state index in [0.29, 0.717) is 17.9 Å². The molecule has 0 atom stereocenters. The third-order valence-corrected chi connectivity index (χ3v) is 7.26. The van der Waals surface area contributed by atoms with Gasteiger partial charge in [0.2, 0.25) is 0 Å². The molecule has 0 radical (unpaired) electrons. The summed E-state index contributed by atoms with van der Waals surface area (Å²) in [5.74, 6) is 1.53. The standard InChI is InChI=1S/C28H26N4O.W/c33-28-25-19-23(24-13-14-26(31-20-24)22-10-11-22)12-9-21(25)7-3-2-6-17-32-18-16-29-27(32)8-4-1-5-15-30-28;/h1-5,9,12-16,18-20,22H,6-7,10-11,17H2,(H,30,33);. The van der Waals surface area contributed by atoms with E-state index in [2.05, 4.69) is 56.3 Å². The molecule has 1 aromatic carbocycles. The number of hydrogen-bond acceptors (Lipinski definition) is 3. The molecule has 1 saturated carbocycles. The van der Waals surface area contributed by atoms with Gasteiger partial charge < -0.3 is 0 Å². The summed E-state index contributed by atoms with van der Waals surface area (Å²) in [5, 5.41) is 2.93. The molecule has 0 saturated heterocycles. The van der Waals surface area contributed by atoms with Crippen molar-refractivity contribution in [2.45, 2.75) is 38.1 Å². The molecular weight excluding hydrogens is 592 g/mol. The average Bonchev–Trinajstić information content (AvgIpc) is 3.61. The van der Waals surface area contributed by atoms with Crippen LogP contribution in [-0.4, -0.2) is 24.3 Å². The zero-order valence-corrected chi connectivity index (χ0v) is 21.8. The van der Waals surface area contributed by atoms with Crippen molar-refractivity contribution >= 4 is 9.81 Å². The molecule has 2 aromatic heterocycles. The molecule has 0 spiro atoms. The molecule has 3 aromatic rings. The number of aromatic nitrogens is 3. The molecular formula is C28H26N4OW. The fourth-order valence-electron chi connectivity index (χ4n) is 4.07. The summed E-state index contributed by atoms with van der Waals surface area (Å²) in [6.45, 7) is 0.877. The molecule has 34 heavy (non-hydrogen) atoms. The van der Waals surface area contributed by atoms with E-state index in [1.165, 1.54) is 37.9 Å². The van der Waals surface area contributed by atoms with Crippen LogP contribution in [0.5, 0.6) is 0 Å². The van der Waals surface area contributed by atoms with Crippen LogP contribution in [0.2, 0.25) is 0 Å². The molecule has 170 valence electrons. The Bertz CT molecular complexity index is 1300. The van der Waals surface area contributed by atoms with E-state index in [1.54, 1.807) is 6.20 Å². The minimum absolute atomic E-state index is 0.105. The molecule has 1 aliphatic carbocycles. The zero-order valence-electron chi connectivity index (χ0n) is 18.9. The summed E-state index contributed by atoms with van der Waals surface area (Å²) in [6.07, 6.45) is 21.8. The van der Waals surface area contributed by atoms with E-state index in [4.69, 9.17) is 0 Å². The van der Waals surface area contributed by atoms with Crippen molar-refractivity contribution in [3.63, 3.8) is 0 Å². The van der Waals surface area contributed by atoms with Gasteiger partial charge in [-0.1, -0.05) is 0 Å². The van der Waals surface area contributed by atoms with E-state index >= 15 is 0 Å². The number of fused-ring (bicyclic) bond motifs is 2. The molecule has 5 nitrogen and oxygen atoms in total. The maximum absolute atomic E-state index is 13.1. The van der Waals surface area contributed by atoms with Gasteiger partial charge in [0.05, 0.1) is 0 Å². The first-order chi connectivity index (χ1) is 16.7. The second kappa shape index (κ2) is 10.4. The number of pyridine rings is 1. The van der Waals surface area contributed by atoms with Crippen molar-refractivity contribution in [3.8, 4) is 11.1 Å². The third kappa shape index (κ3) is 5.31. The summed E-state index contributed by atoms with van der Waals surface area (Å²) in [4.78, 5) is 22.2. The van der Waals surface area contributed by atoms with Gasteiger partial charge in [0, 0.05) is 11.6 Å². The molecule has 3 heterocycles. The molecule has 2 aliphatic rings. The van der Waals surface area contributed by atoms with Crippen LogP contribution < -0.4 is 5.32 Å². The van der Waals surface area contributed by atoms with Gasteiger partial charge >= 0.3 is 176 Å². The molecule has 0 bridgehead atoms. The summed E-state index contributed by atoms with van der Waals surface area (Å²) >= 11 is 1.36. The van der Waals surface area contributed by atoms with E-state index in [1.807, 2.05) is 42.9 Å². The maximum atomic E-state index is 13.1. The fourth-order valence-corrected chi connectivity index (χ4v) is 4.97. The van der Waals surface area contributed by atoms with E-state index in [-0.39, 0.29) is 5.91 Å². The van der Waals surface area contributed by atoms with Crippen LogP contribution in [0, 0.1) is 0 Å². The van der Waals surface area contributed by atoms with E-state index in [9.17, 15) is 4.79 Å². The van der Waals surface area contributed by atoms with Gasteiger partial charge in [-0.05, 0) is 18.9 Å². The summed E-state index contributed by atoms with van der Waals surface area (Å²) < 4.78 is 3.35. The van der Waals surface area contributed by atoms with Crippen molar-refractivity contribution in [3.05, 3.63) is 108 Å². The number of nitrogens with one attached hydrogen (secondary N) is 1. The second-order valence-electron chi connectivity index (χ2n) is 8.58. The first-order valence-corrected chi connectivity index (χ1v) is 13.1. The molecule has 1 aliphatic heterocycles. The predicted molar refractivity (Wildman–Crippen MR) is 131 cm³/mol. The number of hydrogen-bond donors (Lipinski definition) is 1. The quantitative estimate of drug-likeness (QED) is 0.417. The number of aryl methyl sites for hydroxylation is 1. The number of allylic oxidation sites excluding steroid dienone is 5. The van der Waals surface area contributed by atoms with Crippen molar-refractivity contribution in [2.24, 2.45) is 0 Å². The average molecular weight is 618 g/mol. The van der Waals surface area contributed by atoms with Crippen LogP contribution >= 0.6 is 0 Å². The van der Waals surface area contributed by atoms with Crippen LogP contribution in [0.25, 0.3) is 11.1 Å². The van der Waals surface area contributed by atoms with Gasteiger partial charge in [-0.15, -0.1) is 0 Å². The fraction of sp³-hybridized carbons (Fsp3) is 0.214.